The second-order valence-electron chi connectivity index (χ2n) is 15.1. The smallest absolute Gasteiger partial charge is 0.408 e. The van der Waals surface area contributed by atoms with Crippen LogP contribution in [0.3, 0.4) is 0 Å². The van der Waals surface area contributed by atoms with Crippen LogP contribution >= 0.6 is 12.6 Å². The maximum absolute atomic E-state index is 14.2. The van der Waals surface area contributed by atoms with E-state index in [1.807, 2.05) is 55.5 Å². The van der Waals surface area contributed by atoms with E-state index in [1.165, 1.54) is 0 Å². The molecule has 2 heterocycles. The number of carbonyl (C=O) groups excluding carboxylic acids is 4. The molecule has 0 aromatic heterocycles. The average molecular weight is 710 g/mol. The van der Waals surface area contributed by atoms with Gasteiger partial charge >= 0.3 is 6.09 Å². The lowest BCUT2D eigenvalue weighted by atomic mass is 9.94. The summed E-state index contributed by atoms with van der Waals surface area (Å²) < 4.78 is 11.6. The summed E-state index contributed by atoms with van der Waals surface area (Å²) in [6.07, 6.45) is 2.87. The number of hydrogen-bond donors (Lipinski definition) is 5. The topological polar surface area (TPSA) is 138 Å². The Morgan fingerprint density at radius 3 is 2.50 bits per heavy atom. The van der Waals surface area contributed by atoms with E-state index in [1.54, 1.807) is 39.5 Å². The second-order valence-corrected chi connectivity index (χ2v) is 15.7. The molecule has 0 saturated carbocycles. The van der Waals surface area contributed by atoms with E-state index in [9.17, 15) is 19.2 Å². The number of nitrogens with one attached hydrogen (secondary N) is 4. The van der Waals surface area contributed by atoms with E-state index in [-0.39, 0.29) is 30.8 Å². The molecule has 2 aromatic rings. The average Bonchev–Trinajstić information content (AvgIpc) is 3.05. The first-order valence-electron chi connectivity index (χ1n) is 17.7. The molecule has 4 atom stereocenters. The van der Waals surface area contributed by atoms with Gasteiger partial charge in [-0.1, -0.05) is 36.4 Å². The van der Waals surface area contributed by atoms with Gasteiger partial charge in [-0.3, -0.25) is 14.4 Å². The van der Waals surface area contributed by atoms with Gasteiger partial charge in [0.2, 0.25) is 17.7 Å². The number of aryl methyl sites for hydroxylation is 2. The van der Waals surface area contributed by atoms with Crippen molar-refractivity contribution in [3.8, 4) is 5.75 Å². The van der Waals surface area contributed by atoms with Crippen molar-refractivity contribution < 1.29 is 28.7 Å². The number of benzene rings is 2. The van der Waals surface area contributed by atoms with Crippen LogP contribution in [0.15, 0.2) is 48.5 Å². The molecule has 274 valence electrons. The van der Waals surface area contributed by atoms with Crippen molar-refractivity contribution in [1.82, 2.24) is 26.2 Å². The number of rotatable bonds is 7. The number of piperidine rings is 1. The molecule has 4 bridgehead atoms. The summed E-state index contributed by atoms with van der Waals surface area (Å²) >= 11 is 4.76. The molecule has 11 nitrogen and oxygen atoms in total. The van der Waals surface area contributed by atoms with Crippen molar-refractivity contribution in [3.63, 3.8) is 0 Å². The molecule has 2 aliphatic heterocycles. The van der Waals surface area contributed by atoms with Gasteiger partial charge in [0.1, 0.15) is 28.7 Å². The Hall–Kier alpha value is -3.77. The van der Waals surface area contributed by atoms with Gasteiger partial charge < -0.3 is 35.6 Å². The number of carbonyl (C=O) groups is 4. The van der Waals surface area contributed by atoms with Crippen LogP contribution in [0, 0.1) is 12.8 Å². The molecule has 12 heteroatoms. The molecule has 2 aromatic carbocycles. The lowest BCUT2D eigenvalue weighted by Crippen LogP contribution is -2.62. The largest absolute Gasteiger partial charge is 0.494 e. The van der Waals surface area contributed by atoms with Crippen LogP contribution in [0.5, 0.6) is 5.75 Å². The van der Waals surface area contributed by atoms with E-state index < -0.39 is 40.5 Å². The van der Waals surface area contributed by atoms with Crippen molar-refractivity contribution in [2.75, 3.05) is 26.2 Å². The summed E-state index contributed by atoms with van der Waals surface area (Å²) in [5, 5.41) is 11.0. The van der Waals surface area contributed by atoms with E-state index in [2.05, 4.69) is 21.3 Å². The quantitative estimate of drug-likeness (QED) is 0.270. The first-order valence-corrected chi connectivity index (χ1v) is 18.2. The highest BCUT2D eigenvalue weighted by atomic mass is 32.1. The Labute approximate surface area is 302 Å². The summed E-state index contributed by atoms with van der Waals surface area (Å²) in [4.78, 5) is 56.4. The Morgan fingerprint density at radius 2 is 1.78 bits per heavy atom. The molecule has 4 rings (SSSR count). The number of fused-ring (bicyclic) bond motifs is 4. The fourth-order valence-electron chi connectivity index (χ4n) is 6.23. The van der Waals surface area contributed by atoms with E-state index >= 15 is 0 Å². The summed E-state index contributed by atoms with van der Waals surface area (Å²) in [5.41, 5.74) is 1.42. The van der Waals surface area contributed by atoms with Crippen molar-refractivity contribution in [1.29, 1.82) is 0 Å². The van der Waals surface area contributed by atoms with Crippen molar-refractivity contribution in [3.05, 3.63) is 65.2 Å². The van der Waals surface area contributed by atoms with E-state index in [0.29, 0.717) is 32.5 Å². The minimum absolute atomic E-state index is 0.116. The number of ether oxygens (including phenoxy) is 2. The summed E-state index contributed by atoms with van der Waals surface area (Å²) in [6, 6.07) is 13.6. The molecule has 1 fully saturated rings. The highest BCUT2D eigenvalue weighted by molar-refractivity contribution is 7.82. The standard InChI is InChI=1S/C38H55N5O6S/c1-25-14-16-29-21-28(25)22-39-33(44)30(17-15-26-11-8-7-9-12-26)41-34(45)31(40-24-38(5,6)42-36(47)49-37(2,3)4)32(50)35(46)43-19-10-13-27(23-43)18-20-48-29/h7-9,11-12,14,16,21,27,30-32,40,50H,10,13,15,17-20,22-24H2,1-6H3,(H,39,44)(H,41,45)(H,42,47)/t27?,30-,31-,32?/m0/s1. The molecule has 2 aliphatic rings. The van der Waals surface area contributed by atoms with Crippen LogP contribution in [0.2, 0.25) is 0 Å². The van der Waals surface area contributed by atoms with Gasteiger partial charge in [-0.25, -0.2) is 4.79 Å². The zero-order valence-corrected chi connectivity index (χ0v) is 31.2. The van der Waals surface area contributed by atoms with Gasteiger partial charge in [-0.15, -0.1) is 0 Å². The summed E-state index contributed by atoms with van der Waals surface area (Å²) in [5.74, 6) is -0.157. The monoisotopic (exact) mass is 709 g/mol. The normalized spacial score (nSPS) is 22.7. The third kappa shape index (κ3) is 11.9. The van der Waals surface area contributed by atoms with Gasteiger partial charge in [0.15, 0.2) is 0 Å². The molecule has 1 saturated heterocycles. The predicted octanol–water partition coefficient (Wildman–Crippen LogP) is 4.31. The Bertz CT molecular complexity index is 1480. The number of hydrogen-bond acceptors (Lipinski definition) is 8. The van der Waals surface area contributed by atoms with Crippen molar-refractivity contribution >= 4 is 36.4 Å². The van der Waals surface area contributed by atoms with E-state index in [4.69, 9.17) is 22.1 Å². The third-order valence-electron chi connectivity index (χ3n) is 9.05. The first-order chi connectivity index (χ1) is 23.6. The van der Waals surface area contributed by atoms with Gasteiger partial charge in [0.25, 0.3) is 0 Å². The lowest BCUT2D eigenvalue weighted by Gasteiger charge is -2.37. The molecule has 0 aliphatic carbocycles. The molecule has 50 heavy (non-hydrogen) atoms. The highest BCUT2D eigenvalue weighted by Crippen LogP contribution is 2.24. The molecular weight excluding hydrogens is 655 g/mol. The molecular formula is C38H55N5O6S. The Balaban J connectivity index is 1.62. The molecule has 0 radical (unpaired) electrons. The summed E-state index contributed by atoms with van der Waals surface area (Å²) in [6.45, 7) is 12.9. The SMILES string of the molecule is Cc1ccc2cc1CNC(=O)[C@H](CCc1ccccc1)NC(=O)[C@@H](NCC(C)(C)NC(=O)OC(C)(C)C)C(S)C(=O)N1CCCC(CCO2)C1. The highest BCUT2D eigenvalue weighted by Gasteiger charge is 2.38. The molecule has 0 spiro atoms. The summed E-state index contributed by atoms with van der Waals surface area (Å²) in [7, 11) is 0. The van der Waals surface area contributed by atoms with Gasteiger partial charge in [-0.2, -0.15) is 12.6 Å². The Kier molecular flexibility index (Phi) is 13.6. The van der Waals surface area contributed by atoms with Gasteiger partial charge in [-0.05, 0) is 108 Å². The fourth-order valence-corrected chi connectivity index (χ4v) is 6.63. The second kappa shape index (κ2) is 17.4. The van der Waals surface area contributed by atoms with Crippen LogP contribution in [0.4, 0.5) is 4.79 Å². The van der Waals surface area contributed by atoms with Crippen LogP contribution in [-0.2, 0) is 32.1 Å². The van der Waals surface area contributed by atoms with E-state index in [0.717, 1.165) is 41.7 Å². The fraction of sp³-hybridized carbons (Fsp3) is 0.579. The predicted molar refractivity (Wildman–Crippen MR) is 197 cm³/mol. The number of amides is 4. The lowest BCUT2D eigenvalue weighted by molar-refractivity contribution is -0.136. The maximum atomic E-state index is 14.2. The maximum Gasteiger partial charge on any atom is 0.408 e. The first kappa shape index (κ1) is 39.0. The Morgan fingerprint density at radius 1 is 1.04 bits per heavy atom. The van der Waals surface area contributed by atoms with Gasteiger partial charge in [0, 0.05) is 26.2 Å². The number of alkyl carbamates (subject to hydrolysis) is 1. The molecule has 4 N–H and O–H groups in total. The third-order valence-corrected chi connectivity index (χ3v) is 9.57. The molecule has 2 unspecified atom stereocenters. The zero-order chi connectivity index (χ0) is 36.5. The minimum atomic E-state index is -1.11. The zero-order valence-electron chi connectivity index (χ0n) is 30.3. The van der Waals surface area contributed by atoms with Crippen LogP contribution in [0.25, 0.3) is 0 Å². The van der Waals surface area contributed by atoms with Crippen molar-refractivity contribution in [2.24, 2.45) is 5.92 Å². The van der Waals surface area contributed by atoms with Gasteiger partial charge in [0.05, 0.1) is 12.1 Å². The molecule has 4 amide bonds. The van der Waals surface area contributed by atoms with Crippen LogP contribution < -0.4 is 26.0 Å². The number of nitrogens with zero attached hydrogens (tertiary/aromatic N) is 1. The van der Waals surface area contributed by atoms with Crippen molar-refractivity contribution in [2.45, 2.75) is 109 Å². The number of thiol groups is 1. The minimum Gasteiger partial charge on any atom is -0.494 e. The van der Waals surface area contributed by atoms with Crippen LogP contribution in [0.1, 0.15) is 77.0 Å². The van der Waals surface area contributed by atoms with Crippen LogP contribution in [-0.4, -0.2) is 83.4 Å².